The number of ether oxygens (including phenoxy) is 2. The molecule has 0 spiro atoms. The normalized spacial score (nSPS) is 13.1. The van der Waals surface area contributed by atoms with E-state index in [4.69, 9.17) is 14.5 Å². The van der Waals surface area contributed by atoms with Crippen molar-refractivity contribution < 1.29 is 14.3 Å². The first-order chi connectivity index (χ1) is 13.5. The van der Waals surface area contributed by atoms with Crippen LogP contribution in [0.15, 0.2) is 36.4 Å². The monoisotopic (exact) mass is 397 g/mol. The lowest BCUT2D eigenvalue weighted by Gasteiger charge is -2.22. The van der Waals surface area contributed by atoms with Gasteiger partial charge >= 0.3 is 0 Å². The van der Waals surface area contributed by atoms with E-state index in [1.54, 1.807) is 4.90 Å². The van der Waals surface area contributed by atoms with Gasteiger partial charge in [0.25, 0.3) is 5.91 Å². The van der Waals surface area contributed by atoms with Gasteiger partial charge in [-0.15, -0.1) is 0 Å². The number of benzene rings is 2. The number of anilines is 1. The van der Waals surface area contributed by atoms with Gasteiger partial charge < -0.3 is 14.4 Å². The molecule has 1 aromatic heterocycles. The van der Waals surface area contributed by atoms with Gasteiger partial charge in [-0.1, -0.05) is 29.0 Å². The zero-order valence-electron chi connectivity index (χ0n) is 16.3. The number of carbonyl (C=O) groups excluding carboxylic acids is 1. The van der Waals surface area contributed by atoms with Crippen LogP contribution in [0.2, 0.25) is 0 Å². The van der Waals surface area contributed by atoms with Crippen LogP contribution in [0.3, 0.4) is 0 Å². The van der Waals surface area contributed by atoms with Crippen molar-refractivity contribution in [2.45, 2.75) is 6.92 Å². The summed E-state index contributed by atoms with van der Waals surface area (Å²) in [6.45, 7) is 4.38. The van der Waals surface area contributed by atoms with Crippen molar-refractivity contribution >= 4 is 32.6 Å². The van der Waals surface area contributed by atoms with Gasteiger partial charge in [0.15, 0.2) is 16.6 Å². The number of hydrogen-bond acceptors (Lipinski definition) is 6. The number of hydrogen-bond donors (Lipinski definition) is 0. The topological polar surface area (TPSA) is 54.9 Å². The SMILES string of the molecule is Cc1cccc(C(=O)N(CCN(C)C)c2nc3cc4c(cc3s2)OCCO4)c1. The minimum Gasteiger partial charge on any atom is -0.486 e. The van der Waals surface area contributed by atoms with Crippen molar-refractivity contribution in [2.24, 2.45) is 0 Å². The molecule has 0 saturated carbocycles. The fourth-order valence-electron chi connectivity index (χ4n) is 3.09. The Hall–Kier alpha value is -2.64. The first-order valence-electron chi connectivity index (χ1n) is 9.25. The Morgan fingerprint density at radius 3 is 2.57 bits per heavy atom. The third kappa shape index (κ3) is 3.81. The maximum absolute atomic E-state index is 13.3. The third-order valence-electron chi connectivity index (χ3n) is 4.55. The first kappa shape index (κ1) is 18.7. The molecule has 4 rings (SSSR count). The summed E-state index contributed by atoms with van der Waals surface area (Å²) in [6.07, 6.45) is 0. The zero-order chi connectivity index (χ0) is 19.7. The maximum atomic E-state index is 13.3. The van der Waals surface area contributed by atoms with Gasteiger partial charge in [0.1, 0.15) is 13.2 Å². The van der Waals surface area contributed by atoms with Gasteiger partial charge in [-0.2, -0.15) is 0 Å². The Kier molecular flexibility index (Phi) is 5.19. The lowest BCUT2D eigenvalue weighted by atomic mass is 10.1. The van der Waals surface area contributed by atoms with Crippen LogP contribution >= 0.6 is 11.3 Å². The van der Waals surface area contributed by atoms with Crippen molar-refractivity contribution in [1.82, 2.24) is 9.88 Å². The number of likely N-dealkylation sites (N-methyl/N-ethyl adjacent to an activating group) is 1. The summed E-state index contributed by atoms with van der Waals surface area (Å²) in [5, 5.41) is 0.686. The van der Waals surface area contributed by atoms with E-state index in [1.165, 1.54) is 11.3 Å². The minimum absolute atomic E-state index is 0.0399. The smallest absolute Gasteiger partial charge is 0.260 e. The average Bonchev–Trinajstić information content (AvgIpc) is 3.08. The number of amides is 1. The quantitative estimate of drug-likeness (QED) is 0.659. The van der Waals surface area contributed by atoms with Crippen LogP contribution in [0, 0.1) is 6.92 Å². The fraction of sp³-hybridized carbons (Fsp3) is 0.333. The van der Waals surface area contributed by atoms with Gasteiger partial charge in [0.2, 0.25) is 0 Å². The molecule has 2 aromatic carbocycles. The van der Waals surface area contributed by atoms with Crippen LogP contribution in [0.4, 0.5) is 5.13 Å². The molecule has 0 N–H and O–H groups in total. The van der Waals surface area contributed by atoms with E-state index < -0.39 is 0 Å². The van der Waals surface area contributed by atoms with Crippen LogP contribution in [0.25, 0.3) is 10.2 Å². The fourth-order valence-corrected chi connectivity index (χ4v) is 4.09. The molecule has 7 heteroatoms. The van der Waals surface area contributed by atoms with E-state index in [0.29, 0.717) is 36.2 Å². The molecule has 146 valence electrons. The number of thiazole rings is 1. The molecule has 0 unspecified atom stereocenters. The van der Waals surface area contributed by atoms with Crippen LogP contribution in [0.5, 0.6) is 11.5 Å². The van der Waals surface area contributed by atoms with E-state index in [-0.39, 0.29) is 5.91 Å². The largest absolute Gasteiger partial charge is 0.486 e. The lowest BCUT2D eigenvalue weighted by Crippen LogP contribution is -2.36. The predicted octanol–water partition coefficient (Wildman–Crippen LogP) is 3.58. The molecule has 28 heavy (non-hydrogen) atoms. The number of carbonyl (C=O) groups is 1. The number of fused-ring (bicyclic) bond motifs is 2. The van der Waals surface area contributed by atoms with E-state index in [1.807, 2.05) is 57.4 Å². The molecule has 0 saturated heterocycles. The summed E-state index contributed by atoms with van der Waals surface area (Å²) in [7, 11) is 3.99. The van der Waals surface area contributed by atoms with Crippen molar-refractivity contribution in [1.29, 1.82) is 0 Å². The summed E-state index contributed by atoms with van der Waals surface area (Å²) < 4.78 is 12.3. The molecule has 2 heterocycles. The van der Waals surface area contributed by atoms with E-state index >= 15 is 0 Å². The molecule has 1 aliphatic rings. The number of aromatic nitrogens is 1. The minimum atomic E-state index is -0.0399. The summed E-state index contributed by atoms with van der Waals surface area (Å²) >= 11 is 1.50. The van der Waals surface area contributed by atoms with Crippen LogP contribution in [0.1, 0.15) is 15.9 Å². The van der Waals surface area contributed by atoms with E-state index in [2.05, 4.69) is 4.90 Å². The number of nitrogens with zero attached hydrogens (tertiary/aromatic N) is 3. The molecule has 0 fully saturated rings. The molecule has 3 aromatic rings. The molecular weight excluding hydrogens is 374 g/mol. The molecule has 0 atom stereocenters. The molecule has 6 nitrogen and oxygen atoms in total. The zero-order valence-corrected chi connectivity index (χ0v) is 17.1. The van der Waals surface area contributed by atoms with Gasteiger partial charge in [-0.3, -0.25) is 9.69 Å². The molecule has 0 radical (unpaired) electrons. The molecule has 1 amide bonds. The summed E-state index contributed by atoms with van der Waals surface area (Å²) in [6, 6.07) is 11.5. The number of rotatable bonds is 5. The van der Waals surface area contributed by atoms with Crippen molar-refractivity contribution in [3.8, 4) is 11.5 Å². The summed E-state index contributed by atoms with van der Waals surface area (Å²) in [5.41, 5.74) is 2.55. The lowest BCUT2D eigenvalue weighted by molar-refractivity contribution is 0.0985. The number of aryl methyl sites for hydroxylation is 1. The second-order valence-corrected chi connectivity index (χ2v) is 8.10. The second-order valence-electron chi connectivity index (χ2n) is 7.09. The highest BCUT2D eigenvalue weighted by Crippen LogP contribution is 2.39. The molecule has 0 aliphatic carbocycles. The Morgan fingerprint density at radius 1 is 1.11 bits per heavy atom. The summed E-state index contributed by atoms with van der Waals surface area (Å²) in [5.74, 6) is 1.40. The highest BCUT2D eigenvalue weighted by atomic mass is 32.1. The van der Waals surface area contributed by atoms with Crippen molar-refractivity contribution in [3.05, 3.63) is 47.5 Å². The van der Waals surface area contributed by atoms with Gasteiger partial charge in [0.05, 0.1) is 10.2 Å². The van der Waals surface area contributed by atoms with Gasteiger partial charge in [-0.25, -0.2) is 4.98 Å². The third-order valence-corrected chi connectivity index (χ3v) is 5.59. The van der Waals surface area contributed by atoms with E-state index in [0.717, 1.165) is 28.1 Å². The Balaban J connectivity index is 1.72. The maximum Gasteiger partial charge on any atom is 0.260 e. The Morgan fingerprint density at radius 2 is 1.86 bits per heavy atom. The van der Waals surface area contributed by atoms with Gasteiger partial charge in [0, 0.05) is 30.8 Å². The molecule has 0 bridgehead atoms. The summed E-state index contributed by atoms with van der Waals surface area (Å²) in [4.78, 5) is 21.8. The van der Waals surface area contributed by atoms with Gasteiger partial charge in [-0.05, 0) is 33.2 Å². The predicted molar refractivity (Wildman–Crippen MR) is 112 cm³/mol. The Bertz CT molecular complexity index is 972. The van der Waals surface area contributed by atoms with Crippen LogP contribution in [-0.2, 0) is 0 Å². The molecule has 1 aliphatic heterocycles. The Labute approximate surface area is 168 Å². The highest BCUT2D eigenvalue weighted by Gasteiger charge is 2.23. The van der Waals surface area contributed by atoms with Crippen molar-refractivity contribution in [3.63, 3.8) is 0 Å². The highest BCUT2D eigenvalue weighted by molar-refractivity contribution is 7.22. The van der Waals surface area contributed by atoms with E-state index in [9.17, 15) is 4.79 Å². The second kappa shape index (κ2) is 7.77. The van der Waals surface area contributed by atoms with Crippen molar-refractivity contribution in [2.75, 3.05) is 45.3 Å². The standard InChI is InChI=1S/C21H23N3O3S/c1-14-5-4-6-15(11-14)20(25)24(8-7-23(2)3)21-22-16-12-17-18(13-19(16)28-21)27-10-9-26-17/h4-6,11-13H,7-10H2,1-3H3. The molecular formula is C21H23N3O3S. The average molecular weight is 398 g/mol. The van der Waals surface area contributed by atoms with Crippen LogP contribution in [-0.4, -0.2) is 56.2 Å². The first-order valence-corrected chi connectivity index (χ1v) is 10.1. The van der Waals surface area contributed by atoms with Crippen LogP contribution < -0.4 is 14.4 Å².